The Hall–Kier alpha value is -1.09. The number of halogens is 2. The van der Waals surface area contributed by atoms with Gasteiger partial charge in [-0.05, 0) is 30.7 Å². The van der Waals surface area contributed by atoms with Gasteiger partial charge in [0.1, 0.15) is 0 Å². The lowest BCUT2D eigenvalue weighted by atomic mass is 10.0. The van der Waals surface area contributed by atoms with E-state index in [4.69, 9.17) is 23.2 Å². The van der Waals surface area contributed by atoms with Crippen LogP contribution >= 0.6 is 23.2 Å². The van der Waals surface area contributed by atoms with Crippen molar-refractivity contribution in [3.05, 3.63) is 51.6 Å². The number of rotatable bonds is 2. The van der Waals surface area contributed by atoms with E-state index in [9.17, 15) is 5.11 Å². The number of aryl methyl sites for hydroxylation is 1. The van der Waals surface area contributed by atoms with Gasteiger partial charge in [-0.1, -0.05) is 29.3 Å². The van der Waals surface area contributed by atoms with E-state index in [-0.39, 0.29) is 6.61 Å². The van der Waals surface area contributed by atoms with Crippen LogP contribution in [0, 0.1) is 6.92 Å². The van der Waals surface area contributed by atoms with Crippen molar-refractivity contribution in [2.45, 2.75) is 13.5 Å². The van der Waals surface area contributed by atoms with Gasteiger partial charge in [-0.25, -0.2) is 0 Å². The van der Waals surface area contributed by atoms with Gasteiger partial charge in [0.2, 0.25) is 0 Å². The van der Waals surface area contributed by atoms with Gasteiger partial charge in [-0.15, -0.1) is 0 Å². The van der Waals surface area contributed by atoms with Gasteiger partial charge in [0.15, 0.2) is 0 Å². The second-order valence-corrected chi connectivity index (χ2v) is 4.65. The summed E-state index contributed by atoms with van der Waals surface area (Å²) < 4.78 is 0. The predicted molar refractivity (Wildman–Crippen MR) is 70.4 cm³/mol. The Balaban J connectivity index is 2.60. The van der Waals surface area contributed by atoms with Crippen LogP contribution < -0.4 is 0 Å². The van der Waals surface area contributed by atoms with E-state index in [1.54, 1.807) is 18.3 Å². The molecule has 0 atom stereocenters. The average Bonchev–Trinajstić information content (AvgIpc) is 2.30. The van der Waals surface area contributed by atoms with Crippen molar-refractivity contribution >= 4 is 23.2 Å². The Morgan fingerprint density at radius 2 is 2.00 bits per heavy atom. The van der Waals surface area contributed by atoms with E-state index in [0.717, 1.165) is 16.7 Å². The van der Waals surface area contributed by atoms with Crippen molar-refractivity contribution in [3.63, 3.8) is 0 Å². The highest BCUT2D eigenvalue weighted by Crippen LogP contribution is 2.31. The first-order valence-corrected chi connectivity index (χ1v) is 5.89. The summed E-state index contributed by atoms with van der Waals surface area (Å²) in [6.07, 6.45) is 1.75. The molecule has 2 aromatic rings. The van der Waals surface area contributed by atoms with E-state index < -0.39 is 0 Å². The molecule has 0 spiro atoms. The van der Waals surface area contributed by atoms with E-state index in [1.165, 1.54) is 0 Å². The Kier molecular flexibility index (Phi) is 3.67. The lowest BCUT2D eigenvalue weighted by molar-refractivity contribution is 0.282. The number of aromatic nitrogens is 1. The minimum atomic E-state index is -0.0665. The minimum absolute atomic E-state index is 0.0665. The van der Waals surface area contributed by atoms with Crippen molar-refractivity contribution < 1.29 is 5.11 Å². The highest BCUT2D eigenvalue weighted by molar-refractivity contribution is 6.36. The second kappa shape index (κ2) is 5.05. The molecule has 2 nitrogen and oxygen atoms in total. The smallest absolute Gasteiger partial charge is 0.0772 e. The van der Waals surface area contributed by atoms with Crippen LogP contribution in [0.4, 0.5) is 0 Å². The number of benzene rings is 1. The Morgan fingerprint density at radius 3 is 2.65 bits per heavy atom. The number of nitrogens with zero attached hydrogens (tertiary/aromatic N) is 1. The molecule has 0 aliphatic heterocycles. The van der Waals surface area contributed by atoms with Crippen molar-refractivity contribution in [2.24, 2.45) is 0 Å². The topological polar surface area (TPSA) is 33.1 Å². The summed E-state index contributed by atoms with van der Waals surface area (Å²) in [4.78, 5) is 4.32. The summed E-state index contributed by atoms with van der Waals surface area (Å²) in [6.45, 7) is 1.86. The lowest BCUT2D eigenvalue weighted by Gasteiger charge is -2.09. The predicted octanol–water partition coefficient (Wildman–Crippen LogP) is 3.86. The summed E-state index contributed by atoms with van der Waals surface area (Å²) >= 11 is 12.0. The molecular weight excluding hydrogens is 257 g/mol. The summed E-state index contributed by atoms with van der Waals surface area (Å²) in [5.74, 6) is 0. The molecule has 1 aromatic heterocycles. The minimum Gasteiger partial charge on any atom is -0.392 e. The third kappa shape index (κ3) is 2.60. The van der Waals surface area contributed by atoms with Crippen molar-refractivity contribution in [3.8, 4) is 11.3 Å². The van der Waals surface area contributed by atoms with E-state index in [2.05, 4.69) is 4.98 Å². The van der Waals surface area contributed by atoms with E-state index >= 15 is 0 Å². The normalized spacial score (nSPS) is 10.6. The molecule has 0 saturated heterocycles. The third-order valence-electron chi connectivity index (χ3n) is 2.46. The fourth-order valence-electron chi connectivity index (χ4n) is 1.67. The zero-order valence-corrected chi connectivity index (χ0v) is 10.8. The van der Waals surface area contributed by atoms with Gasteiger partial charge in [-0.2, -0.15) is 0 Å². The van der Waals surface area contributed by atoms with Crippen LogP contribution in [0.2, 0.25) is 10.0 Å². The molecule has 0 aliphatic rings. The monoisotopic (exact) mass is 267 g/mol. The van der Waals surface area contributed by atoms with Gasteiger partial charge in [0.25, 0.3) is 0 Å². The Morgan fingerprint density at radius 1 is 1.24 bits per heavy atom. The molecule has 0 unspecified atom stereocenters. The summed E-state index contributed by atoms with van der Waals surface area (Å²) in [5.41, 5.74) is 3.23. The van der Waals surface area contributed by atoms with Gasteiger partial charge < -0.3 is 5.11 Å². The number of aliphatic hydroxyl groups is 1. The molecule has 4 heteroatoms. The standard InChI is InChI=1S/C13H11Cl2NO/c1-8-4-9(7-17)13(16-6-8)11-3-2-10(14)5-12(11)15/h2-6,17H,7H2,1H3. The molecule has 88 valence electrons. The van der Waals surface area contributed by atoms with Gasteiger partial charge in [-0.3, -0.25) is 4.98 Å². The van der Waals surface area contributed by atoms with Gasteiger partial charge in [0, 0.05) is 22.3 Å². The van der Waals surface area contributed by atoms with Crippen LogP contribution in [0.15, 0.2) is 30.5 Å². The number of hydrogen-bond donors (Lipinski definition) is 1. The molecule has 0 radical (unpaired) electrons. The largest absolute Gasteiger partial charge is 0.392 e. The van der Waals surface area contributed by atoms with Crippen LogP contribution in [0.5, 0.6) is 0 Å². The van der Waals surface area contributed by atoms with Crippen LogP contribution in [0.25, 0.3) is 11.3 Å². The van der Waals surface area contributed by atoms with Crippen molar-refractivity contribution in [1.82, 2.24) is 4.98 Å². The highest BCUT2D eigenvalue weighted by Gasteiger charge is 2.10. The molecule has 1 heterocycles. The maximum Gasteiger partial charge on any atom is 0.0772 e. The Labute approximate surface area is 110 Å². The van der Waals surface area contributed by atoms with Crippen LogP contribution in [-0.2, 0) is 6.61 Å². The Bertz CT molecular complexity index is 555. The molecule has 1 aromatic carbocycles. The lowest BCUT2D eigenvalue weighted by Crippen LogP contribution is -1.95. The number of hydrogen-bond acceptors (Lipinski definition) is 2. The molecule has 0 amide bonds. The molecule has 0 saturated carbocycles. The fourth-order valence-corrected chi connectivity index (χ4v) is 2.17. The van der Waals surface area contributed by atoms with E-state index in [0.29, 0.717) is 15.7 Å². The first-order valence-electron chi connectivity index (χ1n) is 5.13. The number of aliphatic hydroxyl groups excluding tert-OH is 1. The summed E-state index contributed by atoms with van der Waals surface area (Å²) in [6, 6.07) is 7.13. The van der Waals surface area contributed by atoms with E-state index in [1.807, 2.05) is 19.1 Å². The molecule has 0 aliphatic carbocycles. The van der Waals surface area contributed by atoms with Gasteiger partial charge in [0.05, 0.1) is 17.3 Å². The molecule has 0 fully saturated rings. The first kappa shape index (κ1) is 12.4. The van der Waals surface area contributed by atoms with Crippen LogP contribution in [0.3, 0.4) is 0 Å². The molecule has 0 bridgehead atoms. The maximum atomic E-state index is 9.34. The maximum absolute atomic E-state index is 9.34. The van der Waals surface area contributed by atoms with Gasteiger partial charge >= 0.3 is 0 Å². The SMILES string of the molecule is Cc1cnc(-c2ccc(Cl)cc2Cl)c(CO)c1. The van der Waals surface area contributed by atoms with Crippen molar-refractivity contribution in [2.75, 3.05) is 0 Å². The highest BCUT2D eigenvalue weighted by atomic mass is 35.5. The summed E-state index contributed by atoms with van der Waals surface area (Å²) in [7, 11) is 0. The average molecular weight is 268 g/mol. The zero-order valence-electron chi connectivity index (χ0n) is 9.24. The number of pyridine rings is 1. The quantitative estimate of drug-likeness (QED) is 0.897. The first-order chi connectivity index (χ1) is 8.11. The van der Waals surface area contributed by atoms with Crippen molar-refractivity contribution in [1.29, 1.82) is 0 Å². The van der Waals surface area contributed by atoms with Crippen LogP contribution in [-0.4, -0.2) is 10.1 Å². The second-order valence-electron chi connectivity index (χ2n) is 3.80. The molecule has 2 rings (SSSR count). The molecular formula is C13H11Cl2NO. The van der Waals surface area contributed by atoms with Crippen LogP contribution in [0.1, 0.15) is 11.1 Å². The molecule has 17 heavy (non-hydrogen) atoms. The zero-order chi connectivity index (χ0) is 12.4. The third-order valence-corrected chi connectivity index (χ3v) is 3.01. The summed E-state index contributed by atoms with van der Waals surface area (Å²) in [5, 5.41) is 10.5. The fraction of sp³-hybridized carbons (Fsp3) is 0.154. The molecule has 1 N–H and O–H groups in total.